The largest absolute Gasteiger partial charge is 0.497 e. The molecule has 0 aliphatic carbocycles. The molecule has 1 atom stereocenters. The third-order valence-corrected chi connectivity index (χ3v) is 4.65. The van der Waals surface area contributed by atoms with Crippen LogP contribution in [0.25, 0.3) is 11.4 Å². The van der Waals surface area contributed by atoms with Crippen molar-refractivity contribution in [3.63, 3.8) is 0 Å². The van der Waals surface area contributed by atoms with Gasteiger partial charge in [-0.25, -0.2) is 0 Å². The maximum atomic E-state index is 12.4. The van der Waals surface area contributed by atoms with Crippen molar-refractivity contribution in [3.8, 4) is 22.9 Å². The Morgan fingerprint density at radius 2 is 1.78 bits per heavy atom. The van der Waals surface area contributed by atoms with Gasteiger partial charge in [-0.05, 0) is 55.3 Å². The van der Waals surface area contributed by atoms with E-state index in [2.05, 4.69) is 21.6 Å². The van der Waals surface area contributed by atoms with Crippen LogP contribution in [-0.4, -0.2) is 28.5 Å². The summed E-state index contributed by atoms with van der Waals surface area (Å²) in [4.78, 5) is 16.7. The van der Waals surface area contributed by atoms with Gasteiger partial charge < -0.3 is 9.47 Å². The van der Waals surface area contributed by atoms with E-state index < -0.39 is 6.10 Å². The summed E-state index contributed by atoms with van der Waals surface area (Å²) in [6.45, 7) is 3.79. The summed E-state index contributed by atoms with van der Waals surface area (Å²) < 4.78 is 15.1. The number of aromatic nitrogens is 2. The Bertz CT molecular complexity index is 892. The molecule has 1 N–H and O–H groups in total. The molecule has 1 amide bonds. The number of amides is 1. The van der Waals surface area contributed by atoms with Crippen molar-refractivity contribution in [2.45, 2.75) is 26.4 Å². The van der Waals surface area contributed by atoms with Gasteiger partial charge >= 0.3 is 0 Å². The quantitative estimate of drug-likeness (QED) is 0.662. The minimum atomic E-state index is -0.647. The Morgan fingerprint density at radius 3 is 2.41 bits per heavy atom. The Hall–Kier alpha value is -2.93. The lowest BCUT2D eigenvalue weighted by Crippen LogP contribution is -2.30. The number of nitrogens with one attached hydrogen (secondary N) is 1. The predicted octanol–water partition coefficient (Wildman–Crippen LogP) is 4.18. The van der Waals surface area contributed by atoms with E-state index in [1.54, 1.807) is 14.0 Å². The van der Waals surface area contributed by atoms with Gasteiger partial charge in [0, 0.05) is 17.1 Å². The number of hydrogen-bond acceptors (Lipinski definition) is 6. The van der Waals surface area contributed by atoms with Crippen LogP contribution in [-0.2, 0) is 11.2 Å². The van der Waals surface area contributed by atoms with Crippen molar-refractivity contribution in [2.75, 3.05) is 12.4 Å². The average molecular weight is 383 g/mol. The van der Waals surface area contributed by atoms with Crippen molar-refractivity contribution >= 4 is 22.6 Å². The molecule has 0 spiro atoms. The first-order valence-corrected chi connectivity index (χ1v) is 9.41. The molecule has 2 aromatic carbocycles. The molecule has 140 valence electrons. The highest BCUT2D eigenvalue weighted by molar-refractivity contribution is 7.10. The van der Waals surface area contributed by atoms with Crippen LogP contribution in [0.5, 0.6) is 11.5 Å². The van der Waals surface area contributed by atoms with Crippen molar-refractivity contribution in [3.05, 3.63) is 54.1 Å². The number of carbonyl (C=O) groups excluding carboxylic acids is 1. The molecule has 27 heavy (non-hydrogen) atoms. The summed E-state index contributed by atoms with van der Waals surface area (Å²) in [7, 11) is 1.62. The van der Waals surface area contributed by atoms with E-state index >= 15 is 0 Å². The zero-order valence-corrected chi connectivity index (χ0v) is 16.2. The van der Waals surface area contributed by atoms with Crippen LogP contribution in [0.1, 0.15) is 19.4 Å². The van der Waals surface area contributed by atoms with E-state index in [4.69, 9.17) is 9.47 Å². The number of benzene rings is 2. The van der Waals surface area contributed by atoms with Gasteiger partial charge in [-0.1, -0.05) is 19.1 Å². The number of methoxy groups -OCH3 is 1. The summed E-state index contributed by atoms with van der Waals surface area (Å²) in [5, 5.41) is 3.19. The van der Waals surface area contributed by atoms with Gasteiger partial charge in [0.15, 0.2) is 11.9 Å². The van der Waals surface area contributed by atoms with Crippen LogP contribution >= 0.6 is 11.5 Å². The van der Waals surface area contributed by atoms with Gasteiger partial charge in [-0.2, -0.15) is 9.36 Å². The minimum absolute atomic E-state index is 0.271. The van der Waals surface area contributed by atoms with E-state index in [0.717, 1.165) is 29.3 Å². The molecule has 1 aromatic heterocycles. The molecule has 0 radical (unpaired) electrons. The summed E-state index contributed by atoms with van der Waals surface area (Å²) >= 11 is 1.13. The molecule has 1 heterocycles. The highest BCUT2D eigenvalue weighted by Gasteiger charge is 2.17. The lowest BCUT2D eigenvalue weighted by molar-refractivity contribution is -0.122. The number of carbonyl (C=O) groups is 1. The van der Waals surface area contributed by atoms with Crippen LogP contribution in [0.3, 0.4) is 0 Å². The first kappa shape index (κ1) is 18.8. The molecule has 7 heteroatoms. The zero-order valence-electron chi connectivity index (χ0n) is 15.4. The smallest absolute Gasteiger partial charge is 0.266 e. The SMILES string of the molecule is CCc1ccc(OC(C)C(=O)Nc2nc(-c3ccc(OC)cc3)ns2)cc1. The fourth-order valence-corrected chi connectivity index (χ4v) is 2.99. The van der Waals surface area contributed by atoms with Gasteiger partial charge in [0.2, 0.25) is 5.13 Å². The minimum Gasteiger partial charge on any atom is -0.497 e. The van der Waals surface area contributed by atoms with E-state index in [1.165, 1.54) is 5.56 Å². The fraction of sp³-hybridized carbons (Fsp3) is 0.250. The Balaban J connectivity index is 1.60. The van der Waals surface area contributed by atoms with Crippen LogP contribution < -0.4 is 14.8 Å². The van der Waals surface area contributed by atoms with Crippen molar-refractivity contribution < 1.29 is 14.3 Å². The molecule has 3 aromatic rings. The standard InChI is InChI=1S/C20H21N3O3S/c1-4-14-5-9-17(10-6-14)26-13(2)19(24)22-20-21-18(23-27-20)15-7-11-16(25-3)12-8-15/h5-13H,4H2,1-3H3,(H,21,22,23,24). The molecular weight excluding hydrogens is 362 g/mol. The molecule has 6 nitrogen and oxygen atoms in total. The number of ether oxygens (including phenoxy) is 2. The second-order valence-corrected chi connectivity index (χ2v) is 6.65. The van der Waals surface area contributed by atoms with Crippen molar-refractivity contribution in [2.24, 2.45) is 0 Å². The lowest BCUT2D eigenvalue weighted by Gasteiger charge is -2.13. The molecule has 0 saturated carbocycles. The normalized spacial score (nSPS) is 11.7. The number of rotatable bonds is 7. The van der Waals surface area contributed by atoms with E-state index in [-0.39, 0.29) is 5.91 Å². The van der Waals surface area contributed by atoms with Crippen LogP contribution in [0.15, 0.2) is 48.5 Å². The molecule has 0 fully saturated rings. The molecular formula is C20H21N3O3S. The highest BCUT2D eigenvalue weighted by Crippen LogP contribution is 2.23. The number of anilines is 1. The number of nitrogens with zero attached hydrogens (tertiary/aromatic N) is 2. The van der Waals surface area contributed by atoms with E-state index in [9.17, 15) is 4.79 Å². The molecule has 0 aliphatic rings. The maximum Gasteiger partial charge on any atom is 0.266 e. The summed E-state index contributed by atoms with van der Waals surface area (Å²) in [5.41, 5.74) is 2.08. The van der Waals surface area contributed by atoms with Gasteiger partial charge in [0.05, 0.1) is 7.11 Å². The summed E-state index contributed by atoms with van der Waals surface area (Å²) in [5.74, 6) is 1.71. The topological polar surface area (TPSA) is 73.3 Å². The summed E-state index contributed by atoms with van der Waals surface area (Å²) in [6, 6.07) is 15.2. The van der Waals surface area contributed by atoms with Crippen molar-refractivity contribution in [1.29, 1.82) is 0 Å². The monoisotopic (exact) mass is 383 g/mol. The third-order valence-electron chi connectivity index (χ3n) is 4.02. The number of hydrogen-bond donors (Lipinski definition) is 1. The maximum absolute atomic E-state index is 12.4. The van der Waals surface area contributed by atoms with E-state index in [0.29, 0.717) is 16.7 Å². The van der Waals surface area contributed by atoms with Crippen LogP contribution in [0.2, 0.25) is 0 Å². The predicted molar refractivity (Wildman–Crippen MR) is 106 cm³/mol. The average Bonchev–Trinajstić information content (AvgIpc) is 3.17. The van der Waals surface area contributed by atoms with Crippen molar-refractivity contribution in [1.82, 2.24) is 9.36 Å². The van der Waals surface area contributed by atoms with Gasteiger partial charge in [0.1, 0.15) is 11.5 Å². The molecule has 0 saturated heterocycles. The van der Waals surface area contributed by atoms with E-state index in [1.807, 2.05) is 48.5 Å². The van der Waals surface area contributed by atoms with Gasteiger partial charge in [-0.15, -0.1) is 0 Å². The molecule has 0 aliphatic heterocycles. The molecule has 1 unspecified atom stereocenters. The van der Waals surface area contributed by atoms with Crippen LogP contribution in [0, 0.1) is 0 Å². The Labute approximate surface area is 162 Å². The highest BCUT2D eigenvalue weighted by atomic mass is 32.1. The second-order valence-electron chi connectivity index (χ2n) is 5.90. The van der Waals surface area contributed by atoms with Crippen LogP contribution in [0.4, 0.5) is 5.13 Å². The summed E-state index contributed by atoms with van der Waals surface area (Å²) in [6.07, 6.45) is 0.315. The number of aryl methyl sites for hydroxylation is 1. The first-order valence-electron chi connectivity index (χ1n) is 8.63. The fourth-order valence-electron chi connectivity index (χ4n) is 2.40. The lowest BCUT2D eigenvalue weighted by atomic mass is 10.2. The van der Waals surface area contributed by atoms with Gasteiger partial charge in [0.25, 0.3) is 5.91 Å². The third kappa shape index (κ3) is 4.83. The zero-order chi connectivity index (χ0) is 19.2. The first-order chi connectivity index (χ1) is 13.1. The van der Waals surface area contributed by atoms with Gasteiger partial charge in [-0.3, -0.25) is 10.1 Å². The Morgan fingerprint density at radius 1 is 1.11 bits per heavy atom. The Kier molecular flexibility index (Phi) is 6.03. The molecule has 3 rings (SSSR count). The molecule has 0 bridgehead atoms. The second kappa shape index (κ2) is 8.64.